The Morgan fingerprint density at radius 2 is 1.86 bits per heavy atom. The van der Waals surface area contributed by atoms with Crippen LogP contribution in [0, 0.1) is 6.92 Å². The fourth-order valence-corrected chi connectivity index (χ4v) is 3.46. The smallest absolute Gasteiger partial charge is 0.231 e. The van der Waals surface area contributed by atoms with E-state index in [0.29, 0.717) is 29.4 Å². The maximum atomic E-state index is 12.7. The predicted molar refractivity (Wildman–Crippen MR) is 113 cm³/mol. The maximum absolute atomic E-state index is 12.7. The van der Waals surface area contributed by atoms with Crippen LogP contribution in [-0.4, -0.2) is 10.8 Å². The van der Waals surface area contributed by atoms with Crippen molar-refractivity contribution >= 4 is 22.8 Å². The van der Waals surface area contributed by atoms with E-state index in [9.17, 15) is 4.79 Å². The molecule has 5 rings (SSSR count). The summed E-state index contributed by atoms with van der Waals surface area (Å²) in [5.41, 5.74) is 4.81. The van der Waals surface area contributed by atoms with Crippen LogP contribution in [0.2, 0.25) is 0 Å². The Morgan fingerprint density at radius 1 is 1.03 bits per heavy atom. The SMILES string of the molecule is Cc1ccc(COc2ccc3c(c2)O/C(=C/c2c[nH]c4ccccc24)C3=O)cc1. The molecule has 0 saturated heterocycles. The second kappa shape index (κ2) is 6.99. The van der Waals surface area contributed by atoms with Gasteiger partial charge in [-0.1, -0.05) is 48.0 Å². The van der Waals surface area contributed by atoms with Crippen molar-refractivity contribution in [1.82, 2.24) is 4.98 Å². The number of aryl methyl sites for hydroxylation is 1. The van der Waals surface area contributed by atoms with E-state index in [0.717, 1.165) is 22.0 Å². The molecular formula is C25H19NO3. The molecule has 4 nitrogen and oxygen atoms in total. The zero-order chi connectivity index (χ0) is 19.8. The highest BCUT2D eigenvalue weighted by Gasteiger charge is 2.28. The second-order valence-electron chi connectivity index (χ2n) is 7.16. The van der Waals surface area contributed by atoms with Crippen molar-refractivity contribution < 1.29 is 14.3 Å². The summed E-state index contributed by atoms with van der Waals surface area (Å²) in [4.78, 5) is 15.9. The lowest BCUT2D eigenvalue weighted by molar-refractivity contribution is 0.101. The van der Waals surface area contributed by atoms with E-state index in [1.54, 1.807) is 18.2 Å². The van der Waals surface area contributed by atoms with Crippen LogP contribution in [0.15, 0.2) is 78.7 Å². The number of Topliss-reactive ketones (excluding diaryl/α,β-unsaturated/α-hetero) is 1. The Balaban J connectivity index is 1.37. The number of aromatic nitrogens is 1. The summed E-state index contributed by atoms with van der Waals surface area (Å²) in [5, 5.41) is 1.05. The van der Waals surface area contributed by atoms with Crippen LogP contribution in [0.3, 0.4) is 0 Å². The van der Waals surface area contributed by atoms with E-state index >= 15 is 0 Å². The molecule has 142 valence electrons. The molecule has 29 heavy (non-hydrogen) atoms. The number of benzene rings is 3. The number of rotatable bonds is 4. The molecule has 1 N–H and O–H groups in total. The van der Waals surface area contributed by atoms with Gasteiger partial charge in [0.2, 0.25) is 5.78 Å². The first-order valence-corrected chi connectivity index (χ1v) is 9.50. The third-order valence-electron chi connectivity index (χ3n) is 5.08. The average Bonchev–Trinajstić information content (AvgIpc) is 3.29. The number of aromatic amines is 1. The third-order valence-corrected chi connectivity index (χ3v) is 5.08. The quantitative estimate of drug-likeness (QED) is 0.463. The van der Waals surface area contributed by atoms with Gasteiger partial charge in [0.25, 0.3) is 0 Å². The van der Waals surface area contributed by atoms with Crippen LogP contribution in [0.25, 0.3) is 17.0 Å². The van der Waals surface area contributed by atoms with Gasteiger partial charge in [-0.05, 0) is 36.8 Å². The summed E-state index contributed by atoms with van der Waals surface area (Å²) in [7, 11) is 0. The fraction of sp³-hybridized carbons (Fsp3) is 0.0800. The summed E-state index contributed by atoms with van der Waals surface area (Å²) in [6.45, 7) is 2.52. The Bertz CT molecular complexity index is 1250. The van der Waals surface area contributed by atoms with Crippen molar-refractivity contribution in [3.8, 4) is 11.5 Å². The average molecular weight is 381 g/mol. The number of allylic oxidation sites excluding steroid dienone is 1. The molecule has 4 aromatic rings. The number of ether oxygens (including phenoxy) is 2. The molecule has 0 atom stereocenters. The predicted octanol–water partition coefficient (Wildman–Crippen LogP) is 5.67. The molecule has 0 unspecified atom stereocenters. The Morgan fingerprint density at radius 3 is 2.72 bits per heavy atom. The first kappa shape index (κ1) is 17.3. The van der Waals surface area contributed by atoms with Gasteiger partial charge in [0.15, 0.2) is 5.76 Å². The van der Waals surface area contributed by atoms with Gasteiger partial charge in [0.1, 0.15) is 18.1 Å². The first-order chi connectivity index (χ1) is 14.2. The summed E-state index contributed by atoms with van der Waals surface area (Å²) >= 11 is 0. The summed E-state index contributed by atoms with van der Waals surface area (Å²) < 4.78 is 11.7. The largest absolute Gasteiger partial charge is 0.489 e. The van der Waals surface area contributed by atoms with Crippen LogP contribution < -0.4 is 9.47 Å². The zero-order valence-corrected chi connectivity index (χ0v) is 15.9. The molecule has 0 amide bonds. The molecule has 2 heterocycles. The van der Waals surface area contributed by atoms with Crippen molar-refractivity contribution in [1.29, 1.82) is 0 Å². The molecule has 1 aliphatic heterocycles. The number of carbonyl (C=O) groups is 1. The van der Waals surface area contributed by atoms with E-state index in [1.165, 1.54) is 5.56 Å². The molecular weight excluding hydrogens is 362 g/mol. The van der Waals surface area contributed by atoms with Crippen LogP contribution in [0.4, 0.5) is 0 Å². The minimum Gasteiger partial charge on any atom is -0.489 e. The van der Waals surface area contributed by atoms with Crippen molar-refractivity contribution in [3.05, 3.63) is 101 Å². The number of fused-ring (bicyclic) bond motifs is 2. The Labute approximate surface area is 168 Å². The van der Waals surface area contributed by atoms with E-state index in [2.05, 4.69) is 24.0 Å². The van der Waals surface area contributed by atoms with Gasteiger partial charge in [0, 0.05) is 28.7 Å². The second-order valence-corrected chi connectivity index (χ2v) is 7.16. The Kier molecular flexibility index (Phi) is 4.17. The zero-order valence-electron chi connectivity index (χ0n) is 15.9. The summed E-state index contributed by atoms with van der Waals surface area (Å²) in [6, 6.07) is 21.5. The number of carbonyl (C=O) groups excluding carboxylic acids is 1. The third kappa shape index (κ3) is 3.29. The van der Waals surface area contributed by atoms with E-state index in [4.69, 9.17) is 9.47 Å². The van der Waals surface area contributed by atoms with E-state index in [-0.39, 0.29) is 5.78 Å². The molecule has 3 aromatic carbocycles. The lowest BCUT2D eigenvalue weighted by Gasteiger charge is -2.07. The lowest BCUT2D eigenvalue weighted by atomic mass is 10.1. The van der Waals surface area contributed by atoms with Crippen LogP contribution in [0.5, 0.6) is 11.5 Å². The van der Waals surface area contributed by atoms with Crippen molar-refractivity contribution in [2.24, 2.45) is 0 Å². The first-order valence-electron chi connectivity index (χ1n) is 9.50. The van der Waals surface area contributed by atoms with Gasteiger partial charge in [-0.2, -0.15) is 0 Å². The van der Waals surface area contributed by atoms with Crippen molar-refractivity contribution in [3.63, 3.8) is 0 Å². The van der Waals surface area contributed by atoms with Crippen molar-refractivity contribution in [2.45, 2.75) is 13.5 Å². The topological polar surface area (TPSA) is 51.3 Å². The fourth-order valence-electron chi connectivity index (χ4n) is 3.46. The molecule has 0 spiro atoms. The number of para-hydroxylation sites is 1. The Hall–Kier alpha value is -3.79. The number of H-pyrrole nitrogens is 1. The normalized spacial score (nSPS) is 14.2. The minimum absolute atomic E-state index is 0.115. The highest BCUT2D eigenvalue weighted by atomic mass is 16.5. The maximum Gasteiger partial charge on any atom is 0.231 e. The molecule has 1 aliphatic rings. The standard InChI is InChI=1S/C25H19NO3/c1-16-6-8-17(9-7-16)15-28-19-10-11-21-23(13-19)29-24(25(21)27)12-18-14-26-22-5-3-2-4-20(18)22/h2-14,26H,15H2,1H3/b24-12+. The molecule has 1 aromatic heterocycles. The number of hydrogen-bond donors (Lipinski definition) is 1. The van der Waals surface area contributed by atoms with Gasteiger partial charge in [0.05, 0.1) is 5.56 Å². The molecule has 0 bridgehead atoms. The minimum atomic E-state index is -0.115. The highest BCUT2D eigenvalue weighted by Crippen LogP contribution is 2.35. The van der Waals surface area contributed by atoms with Crippen LogP contribution in [-0.2, 0) is 6.61 Å². The summed E-state index contributed by atoms with van der Waals surface area (Å²) in [5.74, 6) is 1.41. The molecule has 0 radical (unpaired) electrons. The molecule has 4 heteroatoms. The monoisotopic (exact) mass is 381 g/mol. The van der Waals surface area contributed by atoms with Crippen LogP contribution >= 0.6 is 0 Å². The summed E-state index contributed by atoms with van der Waals surface area (Å²) in [6.07, 6.45) is 3.67. The highest BCUT2D eigenvalue weighted by molar-refractivity contribution is 6.15. The van der Waals surface area contributed by atoms with E-state index in [1.807, 2.05) is 48.7 Å². The van der Waals surface area contributed by atoms with Gasteiger partial charge in [-0.25, -0.2) is 0 Å². The van der Waals surface area contributed by atoms with E-state index < -0.39 is 0 Å². The van der Waals surface area contributed by atoms with Gasteiger partial charge in [-0.15, -0.1) is 0 Å². The van der Waals surface area contributed by atoms with Crippen molar-refractivity contribution in [2.75, 3.05) is 0 Å². The number of ketones is 1. The number of hydrogen-bond acceptors (Lipinski definition) is 3. The molecule has 0 fully saturated rings. The molecule has 0 saturated carbocycles. The van der Waals surface area contributed by atoms with Gasteiger partial charge >= 0.3 is 0 Å². The number of nitrogens with one attached hydrogen (secondary N) is 1. The van der Waals surface area contributed by atoms with Gasteiger partial charge in [-0.3, -0.25) is 4.79 Å². The molecule has 0 aliphatic carbocycles. The lowest BCUT2D eigenvalue weighted by Crippen LogP contribution is -1.97. The van der Waals surface area contributed by atoms with Gasteiger partial charge < -0.3 is 14.5 Å². The van der Waals surface area contributed by atoms with Crippen LogP contribution in [0.1, 0.15) is 27.0 Å².